The maximum Gasteiger partial charge on any atom is 0.251 e. The molecular formula is C25H29FN4O2. The number of nitrogens with one attached hydrogen (secondary N) is 2. The minimum absolute atomic E-state index is 0.221. The maximum atomic E-state index is 13.6. The number of nitrogens with zero attached hydrogens (tertiary/aromatic N) is 2. The third kappa shape index (κ3) is 5.10. The van der Waals surface area contributed by atoms with Crippen LogP contribution in [0.2, 0.25) is 0 Å². The first-order chi connectivity index (χ1) is 15.3. The molecule has 2 aromatic carbocycles. The van der Waals surface area contributed by atoms with Gasteiger partial charge in [-0.1, -0.05) is 12.1 Å². The molecule has 0 radical (unpaired) electrons. The topological polar surface area (TPSA) is 72.0 Å². The molecule has 1 saturated carbocycles. The van der Waals surface area contributed by atoms with Crippen molar-refractivity contribution >= 4 is 5.91 Å². The Labute approximate surface area is 187 Å². The summed E-state index contributed by atoms with van der Waals surface area (Å²) in [4.78, 5) is 13.1. The summed E-state index contributed by atoms with van der Waals surface area (Å²) >= 11 is 0. The van der Waals surface area contributed by atoms with Crippen molar-refractivity contribution < 1.29 is 13.9 Å². The van der Waals surface area contributed by atoms with Gasteiger partial charge in [0.2, 0.25) is 5.62 Å². The van der Waals surface area contributed by atoms with Crippen molar-refractivity contribution in [2.24, 2.45) is 13.0 Å². The second-order valence-corrected chi connectivity index (χ2v) is 8.68. The molecule has 0 saturated heterocycles. The zero-order valence-corrected chi connectivity index (χ0v) is 18.7. The SMILES string of the molecule is Cc1cc([C@H](C)NC(=O)c2cc(Cn3ccn(C)c3=N)cc(OCC3CC3)c2)ccc1F. The Morgan fingerprint density at radius 1 is 1.25 bits per heavy atom. The molecule has 32 heavy (non-hydrogen) atoms. The highest BCUT2D eigenvalue weighted by atomic mass is 19.1. The lowest BCUT2D eigenvalue weighted by molar-refractivity contribution is 0.0939. The highest BCUT2D eigenvalue weighted by Crippen LogP contribution is 2.30. The molecule has 1 fully saturated rings. The van der Waals surface area contributed by atoms with Crippen molar-refractivity contribution in [2.75, 3.05) is 6.61 Å². The maximum absolute atomic E-state index is 13.6. The smallest absolute Gasteiger partial charge is 0.251 e. The van der Waals surface area contributed by atoms with Gasteiger partial charge in [0.25, 0.3) is 5.91 Å². The van der Waals surface area contributed by atoms with Crippen LogP contribution in [0, 0.1) is 24.1 Å². The van der Waals surface area contributed by atoms with Gasteiger partial charge in [-0.2, -0.15) is 0 Å². The standard InChI is InChI=1S/C25H29FN4O2/c1-16-10-20(6-7-23(16)26)17(2)28-24(31)21-11-19(14-30-9-8-29(3)25(30)27)12-22(13-21)32-15-18-4-5-18/h6-13,17-18,27H,4-5,14-15H2,1-3H3,(H,28,31)/t17-/m0/s1. The molecular weight excluding hydrogens is 407 g/mol. The Hall–Kier alpha value is -3.35. The average molecular weight is 437 g/mol. The molecule has 0 spiro atoms. The molecule has 1 atom stereocenters. The van der Waals surface area contributed by atoms with E-state index in [0.717, 1.165) is 11.1 Å². The fraction of sp³-hybridized carbons (Fsp3) is 0.360. The van der Waals surface area contributed by atoms with Crippen LogP contribution in [0.3, 0.4) is 0 Å². The second kappa shape index (κ2) is 9.02. The minimum Gasteiger partial charge on any atom is -0.493 e. The van der Waals surface area contributed by atoms with Crippen LogP contribution in [-0.2, 0) is 13.6 Å². The summed E-state index contributed by atoms with van der Waals surface area (Å²) in [5, 5.41) is 11.2. The van der Waals surface area contributed by atoms with Crippen LogP contribution >= 0.6 is 0 Å². The van der Waals surface area contributed by atoms with E-state index in [4.69, 9.17) is 10.1 Å². The zero-order valence-electron chi connectivity index (χ0n) is 18.7. The molecule has 0 unspecified atom stereocenters. The molecule has 1 heterocycles. The summed E-state index contributed by atoms with van der Waals surface area (Å²) in [5.74, 6) is 0.778. The number of aryl methyl sites for hydroxylation is 2. The van der Waals surface area contributed by atoms with Crippen molar-refractivity contribution in [3.8, 4) is 5.75 Å². The van der Waals surface area contributed by atoms with Gasteiger partial charge in [0.15, 0.2) is 0 Å². The highest BCUT2D eigenvalue weighted by Gasteiger charge is 2.22. The number of ether oxygens (including phenoxy) is 1. The van der Waals surface area contributed by atoms with E-state index in [-0.39, 0.29) is 17.8 Å². The summed E-state index contributed by atoms with van der Waals surface area (Å²) in [6.45, 7) is 4.71. The fourth-order valence-corrected chi connectivity index (χ4v) is 3.61. The van der Waals surface area contributed by atoms with Gasteiger partial charge in [-0.3, -0.25) is 10.2 Å². The lowest BCUT2D eigenvalue weighted by Gasteiger charge is -2.17. The summed E-state index contributed by atoms with van der Waals surface area (Å²) < 4.78 is 23.1. The molecule has 0 bridgehead atoms. The Morgan fingerprint density at radius 2 is 2.03 bits per heavy atom. The summed E-state index contributed by atoms with van der Waals surface area (Å²) in [7, 11) is 1.82. The number of benzene rings is 2. The number of carbonyl (C=O) groups excluding carboxylic acids is 1. The monoisotopic (exact) mass is 436 g/mol. The first kappa shape index (κ1) is 21.9. The van der Waals surface area contributed by atoms with Crippen LogP contribution in [0.4, 0.5) is 4.39 Å². The lowest BCUT2D eigenvalue weighted by Crippen LogP contribution is -2.27. The van der Waals surface area contributed by atoms with Gasteiger partial charge in [-0.05, 0) is 73.6 Å². The Kier molecular flexibility index (Phi) is 6.17. The van der Waals surface area contributed by atoms with Gasteiger partial charge < -0.3 is 19.2 Å². The van der Waals surface area contributed by atoms with E-state index < -0.39 is 0 Å². The number of rotatable bonds is 8. The number of aromatic nitrogens is 2. The Balaban J connectivity index is 1.56. The first-order valence-electron chi connectivity index (χ1n) is 10.9. The summed E-state index contributed by atoms with van der Waals surface area (Å²) in [6.07, 6.45) is 6.04. The van der Waals surface area contributed by atoms with E-state index in [1.807, 2.05) is 43.1 Å². The quantitative estimate of drug-likeness (QED) is 0.559. The number of amides is 1. The third-order valence-electron chi connectivity index (χ3n) is 5.87. The van der Waals surface area contributed by atoms with Crippen LogP contribution in [0.25, 0.3) is 0 Å². The number of halogens is 1. The van der Waals surface area contributed by atoms with Crippen LogP contribution < -0.4 is 15.7 Å². The fourth-order valence-electron chi connectivity index (χ4n) is 3.61. The highest BCUT2D eigenvalue weighted by molar-refractivity contribution is 5.95. The molecule has 0 aliphatic heterocycles. The van der Waals surface area contributed by atoms with Gasteiger partial charge in [0, 0.05) is 25.0 Å². The van der Waals surface area contributed by atoms with E-state index in [2.05, 4.69) is 5.32 Å². The normalized spacial score (nSPS) is 14.2. The van der Waals surface area contributed by atoms with E-state index in [0.29, 0.717) is 41.6 Å². The Morgan fingerprint density at radius 3 is 2.69 bits per heavy atom. The van der Waals surface area contributed by atoms with Crippen molar-refractivity contribution in [2.45, 2.75) is 39.3 Å². The predicted octanol–water partition coefficient (Wildman–Crippen LogP) is 4.08. The molecule has 3 aromatic rings. The van der Waals surface area contributed by atoms with Crippen LogP contribution in [0.5, 0.6) is 5.75 Å². The Bertz CT molecular complexity index is 1190. The molecule has 1 aliphatic carbocycles. The number of hydrogen-bond acceptors (Lipinski definition) is 3. The number of hydrogen-bond donors (Lipinski definition) is 2. The van der Waals surface area contributed by atoms with Gasteiger partial charge in [-0.25, -0.2) is 4.39 Å². The van der Waals surface area contributed by atoms with Crippen molar-refractivity contribution in [3.05, 3.63) is 82.5 Å². The second-order valence-electron chi connectivity index (χ2n) is 8.68. The van der Waals surface area contributed by atoms with Crippen molar-refractivity contribution in [1.82, 2.24) is 14.5 Å². The van der Waals surface area contributed by atoms with Crippen LogP contribution in [0.1, 0.15) is 52.9 Å². The lowest BCUT2D eigenvalue weighted by atomic mass is 10.0. The van der Waals surface area contributed by atoms with E-state index in [1.54, 1.807) is 29.7 Å². The molecule has 7 heteroatoms. The van der Waals surface area contributed by atoms with Gasteiger partial charge >= 0.3 is 0 Å². The van der Waals surface area contributed by atoms with E-state index >= 15 is 0 Å². The third-order valence-corrected chi connectivity index (χ3v) is 5.87. The molecule has 1 aliphatic rings. The van der Waals surface area contributed by atoms with Crippen LogP contribution in [0.15, 0.2) is 48.8 Å². The molecule has 1 aromatic heterocycles. The number of carbonyl (C=O) groups is 1. The van der Waals surface area contributed by atoms with Crippen molar-refractivity contribution in [3.63, 3.8) is 0 Å². The molecule has 1 amide bonds. The molecule has 2 N–H and O–H groups in total. The molecule has 6 nitrogen and oxygen atoms in total. The van der Waals surface area contributed by atoms with Gasteiger partial charge in [-0.15, -0.1) is 0 Å². The van der Waals surface area contributed by atoms with Crippen molar-refractivity contribution in [1.29, 1.82) is 5.41 Å². The average Bonchev–Trinajstić information content (AvgIpc) is 3.55. The molecule has 4 rings (SSSR count). The molecule has 168 valence electrons. The number of imidazole rings is 1. The largest absolute Gasteiger partial charge is 0.493 e. The predicted molar refractivity (Wildman–Crippen MR) is 120 cm³/mol. The first-order valence-corrected chi connectivity index (χ1v) is 10.9. The van der Waals surface area contributed by atoms with Gasteiger partial charge in [0.1, 0.15) is 11.6 Å². The van der Waals surface area contributed by atoms with Gasteiger partial charge in [0.05, 0.1) is 19.2 Å². The zero-order chi connectivity index (χ0) is 22.8. The summed E-state index contributed by atoms with van der Waals surface area (Å²) in [6, 6.07) is 10.1. The van der Waals surface area contributed by atoms with E-state index in [1.165, 1.54) is 18.9 Å². The van der Waals surface area contributed by atoms with E-state index in [9.17, 15) is 9.18 Å². The van der Waals surface area contributed by atoms with Crippen LogP contribution in [-0.4, -0.2) is 21.6 Å². The summed E-state index contributed by atoms with van der Waals surface area (Å²) in [5.41, 5.74) is 3.16. The minimum atomic E-state index is -0.273.